The molecule has 4 aromatic rings. The van der Waals surface area contributed by atoms with Crippen LogP contribution in [0.15, 0.2) is 73.2 Å². The first-order chi connectivity index (χ1) is 19.5. The van der Waals surface area contributed by atoms with Gasteiger partial charge in [-0.1, -0.05) is 24.3 Å². The Bertz CT molecular complexity index is 1490. The number of hydrogen-bond acceptors (Lipinski definition) is 9. The van der Waals surface area contributed by atoms with E-state index in [0.717, 1.165) is 41.1 Å². The van der Waals surface area contributed by atoms with Gasteiger partial charge in [-0.3, -0.25) is 14.7 Å². The summed E-state index contributed by atoms with van der Waals surface area (Å²) in [4.78, 5) is 34.6. The Hall–Kier alpha value is -4.48. The van der Waals surface area contributed by atoms with Crippen molar-refractivity contribution in [1.82, 2.24) is 29.7 Å². The normalized spacial score (nSPS) is 14.0. The molecule has 0 radical (unpaired) electrons. The van der Waals surface area contributed by atoms with Gasteiger partial charge in [-0.2, -0.15) is 0 Å². The standard InChI is InChI=1S/C29H32FN9O/c1-38(2)13-4-7-27(40)35-21-10-12-31-25(15-21)24-6-3-5-20-16-33-29(37-28(20)24)36-22-8-9-26(32-17-22)34-23-18-39(19-23)14-11-30/h3-10,12,15-17,23H,11,13-14,18-19H2,1-2H3,(H,32,34)(H,31,35,40)(H,33,36,37)/b7-4+. The highest BCUT2D eigenvalue weighted by atomic mass is 19.1. The highest BCUT2D eigenvalue weighted by Gasteiger charge is 2.26. The van der Waals surface area contributed by atoms with Gasteiger partial charge in [0.15, 0.2) is 0 Å². The molecular weight excluding hydrogens is 509 g/mol. The van der Waals surface area contributed by atoms with Gasteiger partial charge in [0.2, 0.25) is 11.9 Å². The number of fused-ring (bicyclic) bond motifs is 1. The Morgan fingerprint density at radius 2 is 1.98 bits per heavy atom. The summed E-state index contributed by atoms with van der Waals surface area (Å²) in [5.41, 5.74) is 3.63. The Balaban J connectivity index is 1.28. The van der Waals surface area contributed by atoms with Gasteiger partial charge in [-0.25, -0.2) is 19.3 Å². The molecule has 11 heteroatoms. The van der Waals surface area contributed by atoms with Crippen molar-refractivity contribution in [2.45, 2.75) is 6.04 Å². The molecule has 1 fully saturated rings. The van der Waals surface area contributed by atoms with E-state index < -0.39 is 0 Å². The molecule has 10 nitrogen and oxygen atoms in total. The molecule has 206 valence electrons. The zero-order valence-electron chi connectivity index (χ0n) is 22.5. The van der Waals surface area contributed by atoms with Crippen molar-refractivity contribution in [1.29, 1.82) is 0 Å². The molecule has 0 saturated carbocycles. The number of rotatable bonds is 11. The summed E-state index contributed by atoms with van der Waals surface area (Å²) < 4.78 is 12.4. The maximum absolute atomic E-state index is 12.4. The van der Waals surface area contributed by atoms with Gasteiger partial charge in [0.25, 0.3) is 0 Å². The minimum Gasteiger partial charge on any atom is -0.365 e. The third-order valence-corrected chi connectivity index (χ3v) is 6.38. The van der Waals surface area contributed by atoms with Gasteiger partial charge < -0.3 is 20.9 Å². The quantitative estimate of drug-likeness (QED) is 0.243. The fraction of sp³-hybridized carbons (Fsp3) is 0.276. The number of hydrogen-bond donors (Lipinski definition) is 3. The Labute approximate surface area is 232 Å². The SMILES string of the molecule is CN(C)C/C=C/C(=O)Nc1ccnc(-c2cccc3cnc(Nc4ccc(NC5CN(CCF)C5)nc4)nc23)c1. The molecule has 1 aliphatic rings. The zero-order valence-corrected chi connectivity index (χ0v) is 22.5. The number of pyridine rings is 2. The fourth-order valence-corrected chi connectivity index (χ4v) is 4.39. The van der Waals surface area contributed by atoms with Crippen molar-refractivity contribution < 1.29 is 9.18 Å². The average Bonchev–Trinajstić information content (AvgIpc) is 2.92. The molecular formula is C29H32FN9O. The lowest BCUT2D eigenvalue weighted by atomic mass is 10.1. The van der Waals surface area contributed by atoms with Crippen LogP contribution in [0.1, 0.15) is 0 Å². The molecule has 1 amide bonds. The summed E-state index contributed by atoms with van der Waals surface area (Å²) in [5.74, 6) is 0.995. The minimum absolute atomic E-state index is 0.202. The first kappa shape index (κ1) is 27.1. The molecule has 0 spiro atoms. The maximum Gasteiger partial charge on any atom is 0.248 e. The lowest BCUT2D eigenvalue weighted by molar-refractivity contribution is -0.111. The van der Waals surface area contributed by atoms with Crippen molar-refractivity contribution in [2.75, 3.05) is 62.9 Å². The molecule has 4 heterocycles. The topological polar surface area (TPSA) is 111 Å². The second-order valence-electron chi connectivity index (χ2n) is 9.87. The Morgan fingerprint density at radius 3 is 2.75 bits per heavy atom. The number of amides is 1. The van der Waals surface area contributed by atoms with E-state index in [1.807, 2.05) is 61.5 Å². The van der Waals surface area contributed by atoms with Gasteiger partial charge >= 0.3 is 0 Å². The minimum atomic E-state index is -0.319. The van der Waals surface area contributed by atoms with Crippen LogP contribution in [0.4, 0.5) is 27.5 Å². The molecule has 3 aromatic heterocycles. The highest BCUT2D eigenvalue weighted by Crippen LogP contribution is 2.28. The van der Waals surface area contributed by atoms with Crippen LogP contribution in [0.25, 0.3) is 22.2 Å². The number of benzene rings is 1. The smallest absolute Gasteiger partial charge is 0.248 e. The summed E-state index contributed by atoms with van der Waals surface area (Å²) in [6.45, 7) is 2.47. The number of nitrogens with one attached hydrogen (secondary N) is 3. The van der Waals surface area contributed by atoms with Crippen LogP contribution in [0.5, 0.6) is 0 Å². The lowest BCUT2D eigenvalue weighted by Gasteiger charge is -2.39. The second-order valence-corrected chi connectivity index (χ2v) is 9.87. The second kappa shape index (κ2) is 12.6. The van der Waals surface area contributed by atoms with Crippen LogP contribution in [0.2, 0.25) is 0 Å². The molecule has 3 N–H and O–H groups in total. The largest absolute Gasteiger partial charge is 0.365 e. The first-order valence-corrected chi connectivity index (χ1v) is 13.1. The van der Waals surface area contributed by atoms with Gasteiger partial charge in [0.1, 0.15) is 12.5 Å². The Kier molecular flexibility index (Phi) is 8.53. The van der Waals surface area contributed by atoms with E-state index in [0.29, 0.717) is 30.4 Å². The molecule has 0 atom stereocenters. The number of alkyl halides is 1. The third-order valence-electron chi connectivity index (χ3n) is 6.38. The predicted octanol–water partition coefficient (Wildman–Crippen LogP) is 3.95. The van der Waals surface area contributed by atoms with Crippen molar-refractivity contribution >= 4 is 40.0 Å². The van der Waals surface area contributed by atoms with E-state index in [4.69, 9.17) is 4.98 Å². The number of likely N-dealkylation sites (tertiary alicyclic amines) is 1. The summed E-state index contributed by atoms with van der Waals surface area (Å²) >= 11 is 0. The zero-order chi connectivity index (χ0) is 27.9. The number of carbonyl (C=O) groups is 1. The van der Waals surface area contributed by atoms with Crippen LogP contribution in [-0.4, -0.2) is 88.6 Å². The van der Waals surface area contributed by atoms with E-state index in [1.54, 1.807) is 24.7 Å². The van der Waals surface area contributed by atoms with Crippen LogP contribution in [-0.2, 0) is 4.79 Å². The number of anilines is 4. The average molecular weight is 542 g/mol. The Morgan fingerprint density at radius 1 is 1.10 bits per heavy atom. The molecule has 1 aliphatic heterocycles. The van der Waals surface area contributed by atoms with Crippen molar-refractivity contribution in [3.8, 4) is 11.3 Å². The predicted molar refractivity (Wildman–Crippen MR) is 156 cm³/mol. The molecule has 0 bridgehead atoms. The summed E-state index contributed by atoms with van der Waals surface area (Å²) in [6, 6.07) is 13.5. The summed E-state index contributed by atoms with van der Waals surface area (Å²) in [6.07, 6.45) is 8.48. The summed E-state index contributed by atoms with van der Waals surface area (Å²) in [5, 5.41) is 10.3. The molecule has 0 aliphatic carbocycles. The van der Waals surface area contributed by atoms with Crippen LogP contribution in [0, 0.1) is 0 Å². The maximum atomic E-state index is 12.4. The van der Waals surface area contributed by atoms with Crippen molar-refractivity contribution in [3.63, 3.8) is 0 Å². The fourth-order valence-electron chi connectivity index (χ4n) is 4.39. The molecule has 1 aromatic carbocycles. The molecule has 5 rings (SSSR count). The van der Waals surface area contributed by atoms with E-state index >= 15 is 0 Å². The van der Waals surface area contributed by atoms with E-state index in [-0.39, 0.29) is 18.6 Å². The van der Waals surface area contributed by atoms with E-state index in [1.165, 1.54) is 6.08 Å². The van der Waals surface area contributed by atoms with Crippen LogP contribution in [0.3, 0.4) is 0 Å². The number of halogens is 1. The van der Waals surface area contributed by atoms with Crippen molar-refractivity contribution in [2.24, 2.45) is 0 Å². The van der Waals surface area contributed by atoms with Gasteiger partial charge in [-0.15, -0.1) is 0 Å². The molecule has 1 saturated heterocycles. The third kappa shape index (κ3) is 6.93. The molecule has 0 unspecified atom stereocenters. The highest BCUT2D eigenvalue weighted by molar-refractivity contribution is 6.00. The lowest BCUT2D eigenvalue weighted by Crippen LogP contribution is -2.55. The number of nitrogens with zero attached hydrogens (tertiary/aromatic N) is 6. The number of likely N-dealkylation sites (N-methyl/N-ethyl adjacent to an activating group) is 1. The monoisotopic (exact) mass is 541 g/mol. The first-order valence-electron chi connectivity index (χ1n) is 13.1. The van der Waals surface area contributed by atoms with Gasteiger partial charge in [-0.05, 0) is 38.4 Å². The number of aromatic nitrogens is 4. The molecule has 40 heavy (non-hydrogen) atoms. The van der Waals surface area contributed by atoms with E-state index in [2.05, 4.69) is 35.8 Å². The summed E-state index contributed by atoms with van der Waals surface area (Å²) in [7, 11) is 3.89. The van der Waals surface area contributed by atoms with Crippen LogP contribution < -0.4 is 16.0 Å². The van der Waals surface area contributed by atoms with Gasteiger partial charge in [0.05, 0.1) is 29.1 Å². The van der Waals surface area contributed by atoms with Gasteiger partial charge in [0, 0.05) is 61.3 Å². The van der Waals surface area contributed by atoms with E-state index in [9.17, 15) is 9.18 Å². The number of carbonyl (C=O) groups excluding carboxylic acids is 1. The van der Waals surface area contributed by atoms with Crippen LogP contribution >= 0.6 is 0 Å². The number of para-hydroxylation sites is 1. The van der Waals surface area contributed by atoms with Crippen molar-refractivity contribution in [3.05, 3.63) is 73.2 Å².